The topological polar surface area (TPSA) is 20.3 Å². The Bertz CT molecular complexity index is 191. The minimum atomic E-state index is 0.394. The lowest BCUT2D eigenvalue weighted by Crippen LogP contribution is -2.31. The molecule has 2 nitrogen and oxygen atoms in total. The van der Waals surface area contributed by atoms with Crippen LogP contribution in [0.25, 0.3) is 0 Å². The maximum absolute atomic E-state index is 11.7. The zero-order valence-corrected chi connectivity index (χ0v) is 10.8. The van der Waals surface area contributed by atoms with E-state index in [9.17, 15) is 4.79 Å². The van der Waals surface area contributed by atoms with Crippen molar-refractivity contribution in [1.29, 1.82) is 0 Å². The molecule has 1 heterocycles. The van der Waals surface area contributed by atoms with E-state index >= 15 is 0 Å². The van der Waals surface area contributed by atoms with Gasteiger partial charge in [0.2, 0.25) is 5.91 Å². The zero-order valence-electron chi connectivity index (χ0n) is 10.8. The van der Waals surface area contributed by atoms with Crippen LogP contribution in [-0.2, 0) is 4.79 Å². The molecule has 1 aliphatic rings. The third kappa shape index (κ3) is 5.53. The van der Waals surface area contributed by atoms with Crippen LogP contribution in [-0.4, -0.2) is 23.9 Å². The van der Waals surface area contributed by atoms with Gasteiger partial charge in [-0.25, -0.2) is 0 Å². The summed E-state index contributed by atoms with van der Waals surface area (Å²) in [7, 11) is 0. The summed E-state index contributed by atoms with van der Waals surface area (Å²) in [6.07, 6.45) is 12.2. The van der Waals surface area contributed by atoms with E-state index in [1.807, 2.05) is 0 Å². The fourth-order valence-electron chi connectivity index (χ4n) is 2.36. The van der Waals surface area contributed by atoms with Gasteiger partial charge in [-0.3, -0.25) is 4.79 Å². The molecular weight excluding hydrogens is 198 g/mol. The normalized spacial score (nSPS) is 17.6. The highest BCUT2D eigenvalue weighted by Crippen LogP contribution is 2.12. The number of carbonyl (C=O) groups excluding carboxylic acids is 1. The number of hydrogen-bond donors (Lipinski definition) is 0. The summed E-state index contributed by atoms with van der Waals surface area (Å²) in [5, 5.41) is 0. The van der Waals surface area contributed by atoms with Crippen molar-refractivity contribution in [3.8, 4) is 0 Å². The summed E-state index contributed by atoms with van der Waals surface area (Å²) in [4.78, 5) is 13.8. The smallest absolute Gasteiger partial charge is 0.222 e. The Hall–Kier alpha value is -0.530. The standard InChI is InChI=1S/C14H27NO/c1-2-3-4-5-6-9-12-15-13-10-7-8-11-14(15)16/h2-13H2,1H3. The fraction of sp³-hybridized carbons (Fsp3) is 0.929. The van der Waals surface area contributed by atoms with Gasteiger partial charge in [0.25, 0.3) is 0 Å². The first-order valence-corrected chi connectivity index (χ1v) is 7.12. The van der Waals surface area contributed by atoms with E-state index < -0.39 is 0 Å². The number of likely N-dealkylation sites (tertiary alicyclic amines) is 1. The molecule has 1 rings (SSSR count). The molecule has 1 saturated heterocycles. The van der Waals surface area contributed by atoms with Crippen LogP contribution >= 0.6 is 0 Å². The Kier molecular flexibility index (Phi) is 7.28. The number of unbranched alkanes of at least 4 members (excludes halogenated alkanes) is 5. The van der Waals surface area contributed by atoms with E-state index in [4.69, 9.17) is 0 Å². The maximum Gasteiger partial charge on any atom is 0.222 e. The van der Waals surface area contributed by atoms with E-state index in [0.717, 1.165) is 25.9 Å². The second-order valence-corrected chi connectivity index (χ2v) is 4.96. The highest BCUT2D eigenvalue weighted by molar-refractivity contribution is 5.76. The van der Waals surface area contributed by atoms with E-state index in [-0.39, 0.29) is 0 Å². The Morgan fingerprint density at radius 3 is 2.56 bits per heavy atom. The van der Waals surface area contributed by atoms with E-state index in [1.54, 1.807) is 0 Å². The molecular formula is C14H27NO. The third-order valence-electron chi connectivity index (χ3n) is 3.45. The van der Waals surface area contributed by atoms with Gasteiger partial charge in [-0.05, 0) is 19.3 Å². The van der Waals surface area contributed by atoms with Gasteiger partial charge in [-0.2, -0.15) is 0 Å². The molecule has 0 bridgehead atoms. The summed E-state index contributed by atoms with van der Waals surface area (Å²) in [6, 6.07) is 0. The second kappa shape index (κ2) is 8.60. The van der Waals surface area contributed by atoms with Crippen molar-refractivity contribution >= 4 is 5.91 Å². The summed E-state index contributed by atoms with van der Waals surface area (Å²) >= 11 is 0. The third-order valence-corrected chi connectivity index (χ3v) is 3.45. The van der Waals surface area contributed by atoms with Crippen molar-refractivity contribution in [2.24, 2.45) is 0 Å². The van der Waals surface area contributed by atoms with Gasteiger partial charge in [0.1, 0.15) is 0 Å². The summed E-state index contributed by atoms with van der Waals surface area (Å²) in [5.41, 5.74) is 0. The molecule has 16 heavy (non-hydrogen) atoms. The van der Waals surface area contributed by atoms with E-state index in [1.165, 1.54) is 51.4 Å². The highest BCUT2D eigenvalue weighted by atomic mass is 16.2. The summed E-state index contributed by atoms with van der Waals surface area (Å²) in [6.45, 7) is 4.26. The Morgan fingerprint density at radius 1 is 1.00 bits per heavy atom. The van der Waals surface area contributed by atoms with Crippen LogP contribution in [0.15, 0.2) is 0 Å². The lowest BCUT2D eigenvalue weighted by molar-refractivity contribution is -0.130. The predicted octanol–water partition coefficient (Wildman–Crippen LogP) is 3.75. The first kappa shape index (κ1) is 13.5. The Morgan fingerprint density at radius 2 is 1.75 bits per heavy atom. The average molecular weight is 225 g/mol. The van der Waals surface area contributed by atoms with E-state index in [0.29, 0.717) is 5.91 Å². The van der Waals surface area contributed by atoms with Gasteiger partial charge in [0, 0.05) is 19.5 Å². The first-order chi connectivity index (χ1) is 7.84. The van der Waals surface area contributed by atoms with Crippen molar-refractivity contribution in [1.82, 2.24) is 4.90 Å². The predicted molar refractivity (Wildman–Crippen MR) is 68.4 cm³/mol. The molecule has 0 atom stereocenters. The maximum atomic E-state index is 11.7. The molecule has 2 heteroatoms. The summed E-state index contributed by atoms with van der Waals surface area (Å²) < 4.78 is 0. The SMILES string of the molecule is CCCCCCCCN1CCCCCC1=O. The molecule has 0 aromatic carbocycles. The molecule has 0 aromatic rings. The molecule has 0 saturated carbocycles. The minimum Gasteiger partial charge on any atom is -0.343 e. The van der Waals surface area contributed by atoms with Gasteiger partial charge in [-0.15, -0.1) is 0 Å². The van der Waals surface area contributed by atoms with Crippen molar-refractivity contribution in [3.05, 3.63) is 0 Å². The fourth-order valence-corrected chi connectivity index (χ4v) is 2.36. The molecule has 0 N–H and O–H groups in total. The highest BCUT2D eigenvalue weighted by Gasteiger charge is 2.15. The molecule has 0 unspecified atom stereocenters. The van der Waals surface area contributed by atoms with Gasteiger partial charge in [0.05, 0.1) is 0 Å². The van der Waals surface area contributed by atoms with Crippen molar-refractivity contribution < 1.29 is 4.79 Å². The average Bonchev–Trinajstić information content (AvgIpc) is 2.49. The Balaban J connectivity index is 2.04. The van der Waals surface area contributed by atoms with Crippen LogP contribution in [0.4, 0.5) is 0 Å². The van der Waals surface area contributed by atoms with Crippen LogP contribution in [0.1, 0.15) is 71.1 Å². The molecule has 94 valence electrons. The molecule has 0 aliphatic carbocycles. The molecule has 1 amide bonds. The van der Waals surface area contributed by atoms with Crippen LogP contribution in [0, 0.1) is 0 Å². The quantitative estimate of drug-likeness (QED) is 0.604. The number of carbonyl (C=O) groups is 1. The van der Waals surface area contributed by atoms with Crippen molar-refractivity contribution in [2.75, 3.05) is 13.1 Å². The number of rotatable bonds is 7. The minimum absolute atomic E-state index is 0.394. The van der Waals surface area contributed by atoms with Gasteiger partial charge >= 0.3 is 0 Å². The molecule has 0 radical (unpaired) electrons. The molecule has 1 fully saturated rings. The number of hydrogen-bond acceptors (Lipinski definition) is 1. The van der Waals surface area contributed by atoms with Crippen molar-refractivity contribution in [3.63, 3.8) is 0 Å². The lowest BCUT2D eigenvalue weighted by atomic mass is 10.1. The number of nitrogens with zero attached hydrogens (tertiary/aromatic N) is 1. The van der Waals surface area contributed by atoms with Crippen LogP contribution in [0.2, 0.25) is 0 Å². The molecule has 0 spiro atoms. The van der Waals surface area contributed by atoms with Crippen LogP contribution in [0.5, 0.6) is 0 Å². The number of amides is 1. The van der Waals surface area contributed by atoms with Gasteiger partial charge in [0.15, 0.2) is 0 Å². The second-order valence-electron chi connectivity index (χ2n) is 4.96. The lowest BCUT2D eigenvalue weighted by Gasteiger charge is -2.20. The molecule has 0 aromatic heterocycles. The largest absolute Gasteiger partial charge is 0.343 e. The summed E-state index contributed by atoms with van der Waals surface area (Å²) in [5.74, 6) is 0.394. The monoisotopic (exact) mass is 225 g/mol. The molecule has 1 aliphatic heterocycles. The van der Waals surface area contributed by atoms with Crippen LogP contribution < -0.4 is 0 Å². The van der Waals surface area contributed by atoms with Gasteiger partial charge < -0.3 is 4.90 Å². The first-order valence-electron chi connectivity index (χ1n) is 7.12. The van der Waals surface area contributed by atoms with Crippen LogP contribution in [0.3, 0.4) is 0 Å². The van der Waals surface area contributed by atoms with Gasteiger partial charge in [-0.1, -0.05) is 45.4 Å². The van der Waals surface area contributed by atoms with E-state index in [2.05, 4.69) is 11.8 Å². The zero-order chi connectivity index (χ0) is 11.6. The van der Waals surface area contributed by atoms with Crippen molar-refractivity contribution in [2.45, 2.75) is 71.1 Å². The Labute approximate surface area is 100 Å².